The van der Waals surface area contributed by atoms with E-state index in [9.17, 15) is 10.1 Å². The first-order chi connectivity index (χ1) is 9.92. The lowest BCUT2D eigenvalue weighted by molar-refractivity contribution is -0.384. The van der Waals surface area contributed by atoms with E-state index in [1.165, 1.54) is 12.1 Å². The van der Waals surface area contributed by atoms with Gasteiger partial charge in [-0.05, 0) is 28.1 Å². The summed E-state index contributed by atoms with van der Waals surface area (Å²) in [5.74, 6) is 5.59. The number of anilines is 3. The molecule has 0 atom stereocenters. The highest BCUT2D eigenvalue weighted by molar-refractivity contribution is 9.10. The Morgan fingerprint density at radius 1 is 1.24 bits per heavy atom. The van der Waals surface area contributed by atoms with Gasteiger partial charge in [-0.25, -0.2) is 10.8 Å². The molecule has 2 rings (SSSR count). The van der Waals surface area contributed by atoms with Gasteiger partial charge in [-0.2, -0.15) is 0 Å². The van der Waals surface area contributed by atoms with Crippen LogP contribution < -0.4 is 16.6 Å². The molecule has 0 saturated carbocycles. The minimum absolute atomic E-state index is 0.144. The average Bonchev–Trinajstić information content (AvgIpc) is 2.47. The Labute approximate surface area is 137 Å². The molecule has 0 fully saturated rings. The maximum absolute atomic E-state index is 10.9. The molecule has 4 N–H and O–H groups in total. The molecule has 1 heterocycles. The van der Waals surface area contributed by atoms with Crippen LogP contribution in [-0.4, -0.2) is 9.91 Å². The Hall–Kier alpha value is -1.61. The van der Waals surface area contributed by atoms with Crippen molar-refractivity contribution in [1.29, 1.82) is 0 Å². The van der Waals surface area contributed by atoms with Gasteiger partial charge in [-0.1, -0.05) is 23.2 Å². The molecule has 0 saturated heterocycles. The minimum atomic E-state index is -0.552. The fraction of sp³-hybridized carbons (Fsp3) is 0. The van der Waals surface area contributed by atoms with Crippen LogP contribution in [0.5, 0.6) is 0 Å². The number of hydrogen-bond donors (Lipinski definition) is 3. The third-order valence-electron chi connectivity index (χ3n) is 2.47. The SMILES string of the molecule is NNc1cc([N+](=O)[O-])cc(Nc2ccc(Br)c(Cl)c2Cl)n1. The molecule has 0 bridgehead atoms. The number of hydrogen-bond acceptors (Lipinski definition) is 6. The van der Waals surface area contributed by atoms with E-state index in [0.717, 1.165) is 0 Å². The van der Waals surface area contributed by atoms with Gasteiger partial charge in [0.2, 0.25) is 0 Å². The lowest BCUT2D eigenvalue weighted by atomic mass is 10.3. The van der Waals surface area contributed by atoms with Crippen molar-refractivity contribution in [3.63, 3.8) is 0 Å². The summed E-state index contributed by atoms with van der Waals surface area (Å²) in [6.45, 7) is 0. The van der Waals surface area contributed by atoms with Crippen molar-refractivity contribution in [3.05, 3.63) is 48.9 Å². The number of aromatic nitrogens is 1. The van der Waals surface area contributed by atoms with Crippen molar-refractivity contribution in [2.75, 3.05) is 10.7 Å². The highest BCUT2D eigenvalue weighted by Crippen LogP contribution is 2.37. The van der Waals surface area contributed by atoms with Gasteiger partial charge in [0.05, 0.1) is 32.8 Å². The molecule has 1 aromatic carbocycles. The van der Waals surface area contributed by atoms with Gasteiger partial charge in [0, 0.05) is 4.47 Å². The number of benzene rings is 1. The summed E-state index contributed by atoms with van der Waals surface area (Å²) in [6, 6.07) is 5.82. The van der Waals surface area contributed by atoms with E-state index in [1.807, 2.05) is 0 Å². The van der Waals surface area contributed by atoms with E-state index in [-0.39, 0.29) is 22.3 Å². The molecule has 0 aliphatic heterocycles. The highest BCUT2D eigenvalue weighted by Gasteiger charge is 2.13. The Morgan fingerprint density at radius 2 is 1.90 bits per heavy atom. The van der Waals surface area contributed by atoms with Gasteiger partial charge in [-0.3, -0.25) is 10.1 Å². The van der Waals surface area contributed by atoms with Crippen LogP contribution in [0.4, 0.5) is 23.0 Å². The van der Waals surface area contributed by atoms with E-state index in [0.29, 0.717) is 15.2 Å². The smallest absolute Gasteiger partial charge is 0.276 e. The predicted octanol–water partition coefficient (Wildman–Crippen LogP) is 4.09. The first-order valence-electron chi connectivity index (χ1n) is 5.46. The predicted molar refractivity (Wildman–Crippen MR) is 86.1 cm³/mol. The molecule has 21 heavy (non-hydrogen) atoms. The van der Waals surface area contributed by atoms with E-state index in [4.69, 9.17) is 29.0 Å². The van der Waals surface area contributed by atoms with Crippen LogP contribution in [0.2, 0.25) is 10.0 Å². The number of nitrogen functional groups attached to an aromatic ring is 1. The van der Waals surface area contributed by atoms with Crippen LogP contribution in [0.15, 0.2) is 28.7 Å². The molecule has 1 aromatic heterocycles. The summed E-state index contributed by atoms with van der Waals surface area (Å²) in [5, 5.41) is 14.3. The number of nitrogens with two attached hydrogens (primary N) is 1. The molecule has 0 amide bonds. The van der Waals surface area contributed by atoms with Crippen LogP contribution in [-0.2, 0) is 0 Å². The molecule has 10 heteroatoms. The van der Waals surface area contributed by atoms with Gasteiger partial charge in [-0.15, -0.1) is 0 Å². The van der Waals surface area contributed by atoms with E-state index < -0.39 is 4.92 Å². The number of halogens is 3. The molecule has 7 nitrogen and oxygen atoms in total. The maximum atomic E-state index is 10.9. The fourth-order valence-corrected chi connectivity index (χ4v) is 2.34. The number of nitrogens with zero attached hydrogens (tertiary/aromatic N) is 2. The van der Waals surface area contributed by atoms with Crippen molar-refractivity contribution in [1.82, 2.24) is 4.98 Å². The Kier molecular flexibility index (Phi) is 4.84. The second kappa shape index (κ2) is 6.44. The third kappa shape index (κ3) is 3.53. The van der Waals surface area contributed by atoms with E-state index >= 15 is 0 Å². The van der Waals surface area contributed by atoms with E-state index in [1.54, 1.807) is 12.1 Å². The van der Waals surface area contributed by atoms with Crippen molar-refractivity contribution in [2.45, 2.75) is 0 Å². The quantitative estimate of drug-likeness (QED) is 0.313. The van der Waals surface area contributed by atoms with Gasteiger partial charge in [0.25, 0.3) is 5.69 Å². The number of nitro groups is 1. The summed E-state index contributed by atoms with van der Waals surface area (Å²) in [6.07, 6.45) is 0. The average molecular weight is 393 g/mol. The van der Waals surface area contributed by atoms with Crippen molar-refractivity contribution in [3.8, 4) is 0 Å². The molecule has 0 radical (unpaired) electrons. The zero-order chi connectivity index (χ0) is 15.6. The zero-order valence-electron chi connectivity index (χ0n) is 10.2. The molecular weight excluding hydrogens is 385 g/mol. The zero-order valence-corrected chi connectivity index (χ0v) is 13.3. The third-order valence-corrected chi connectivity index (χ3v) is 4.24. The first-order valence-corrected chi connectivity index (χ1v) is 7.01. The Bertz CT molecular complexity index is 713. The summed E-state index contributed by atoms with van der Waals surface area (Å²) >= 11 is 15.4. The van der Waals surface area contributed by atoms with E-state index in [2.05, 4.69) is 31.7 Å². The summed E-state index contributed by atoms with van der Waals surface area (Å²) in [5.41, 5.74) is 2.55. The van der Waals surface area contributed by atoms with Crippen molar-refractivity contribution in [2.24, 2.45) is 5.84 Å². The lowest BCUT2D eigenvalue weighted by Gasteiger charge is -2.10. The fourth-order valence-electron chi connectivity index (χ4n) is 1.52. The monoisotopic (exact) mass is 391 g/mol. The summed E-state index contributed by atoms with van der Waals surface area (Å²) < 4.78 is 0.635. The second-order valence-electron chi connectivity index (χ2n) is 3.85. The standard InChI is InChI=1S/C11H8BrCl2N5O2/c12-6-1-2-7(11(14)10(6)13)16-8-3-5(19(20)21)4-9(17-8)18-15/h1-4H,15H2,(H2,16,17,18). The van der Waals surface area contributed by atoms with Crippen LogP contribution in [0.3, 0.4) is 0 Å². The van der Waals surface area contributed by atoms with Crippen molar-refractivity contribution < 1.29 is 4.92 Å². The van der Waals surface area contributed by atoms with Crippen LogP contribution in [0.25, 0.3) is 0 Å². The van der Waals surface area contributed by atoms with Gasteiger partial charge < -0.3 is 10.7 Å². The lowest BCUT2D eigenvalue weighted by Crippen LogP contribution is -2.10. The summed E-state index contributed by atoms with van der Waals surface area (Å²) in [4.78, 5) is 14.4. The number of nitrogens with one attached hydrogen (secondary N) is 2. The van der Waals surface area contributed by atoms with Gasteiger partial charge in [0.15, 0.2) is 0 Å². The Balaban J connectivity index is 2.42. The van der Waals surface area contributed by atoms with Crippen LogP contribution >= 0.6 is 39.1 Å². The minimum Gasteiger partial charge on any atom is -0.339 e. The first kappa shape index (κ1) is 15.8. The highest BCUT2D eigenvalue weighted by atomic mass is 79.9. The molecular formula is C11H8BrCl2N5O2. The maximum Gasteiger partial charge on any atom is 0.276 e. The molecule has 0 spiro atoms. The normalized spacial score (nSPS) is 10.3. The van der Waals surface area contributed by atoms with Gasteiger partial charge in [0.1, 0.15) is 11.6 Å². The number of rotatable bonds is 4. The number of pyridine rings is 1. The Morgan fingerprint density at radius 3 is 2.52 bits per heavy atom. The number of hydrazine groups is 1. The molecule has 2 aromatic rings. The topological polar surface area (TPSA) is 106 Å². The van der Waals surface area contributed by atoms with Crippen molar-refractivity contribution >= 4 is 62.1 Å². The molecule has 0 aliphatic carbocycles. The van der Waals surface area contributed by atoms with Crippen LogP contribution in [0, 0.1) is 10.1 Å². The molecule has 110 valence electrons. The second-order valence-corrected chi connectivity index (χ2v) is 5.46. The molecule has 0 aliphatic rings. The van der Waals surface area contributed by atoms with Crippen LogP contribution in [0.1, 0.15) is 0 Å². The molecule has 0 unspecified atom stereocenters. The largest absolute Gasteiger partial charge is 0.339 e. The summed E-state index contributed by atoms with van der Waals surface area (Å²) in [7, 11) is 0. The van der Waals surface area contributed by atoms with Gasteiger partial charge >= 0.3 is 0 Å².